The average Bonchev–Trinajstić information content (AvgIpc) is 3.11. The Morgan fingerprint density at radius 1 is 0.759 bits per heavy atom. The molecule has 1 aliphatic rings. The number of unbranched alkanes of at least 4 members (excludes halogenated alkanes) is 4. The normalized spacial score (nSPS) is 15.9. The Kier molecular flexibility index (Phi) is 20.7. The van der Waals surface area contributed by atoms with Crippen molar-refractivity contribution in [3.05, 3.63) is 93.6 Å². The molecule has 0 aromatic heterocycles. The summed E-state index contributed by atoms with van der Waals surface area (Å²) in [6.45, 7) is 21.9. The topological polar surface area (TPSA) is 77.4 Å². The van der Waals surface area contributed by atoms with Crippen LogP contribution in [0, 0.1) is 5.92 Å². The summed E-state index contributed by atoms with van der Waals surface area (Å²) in [5.41, 5.74) is 9.01. The molecule has 0 saturated heterocycles. The van der Waals surface area contributed by atoms with Gasteiger partial charge in [0, 0.05) is 17.0 Å². The Morgan fingerprint density at radius 2 is 1.33 bits per heavy atom. The van der Waals surface area contributed by atoms with E-state index in [2.05, 4.69) is 85.4 Å². The van der Waals surface area contributed by atoms with Crippen molar-refractivity contribution in [2.45, 2.75) is 138 Å². The van der Waals surface area contributed by atoms with Gasteiger partial charge in [-0.3, -0.25) is 0 Å². The lowest BCUT2D eigenvalue weighted by Crippen LogP contribution is -2.19. The van der Waals surface area contributed by atoms with Gasteiger partial charge in [0.2, 0.25) is 0 Å². The highest BCUT2D eigenvalue weighted by atomic mass is 16.6. The van der Waals surface area contributed by atoms with Crippen LogP contribution in [-0.4, -0.2) is 49.9 Å². The first-order valence-corrected chi connectivity index (χ1v) is 20.8. The fourth-order valence-electron chi connectivity index (χ4n) is 7.20. The van der Waals surface area contributed by atoms with E-state index in [0.29, 0.717) is 57.6 Å². The number of ether oxygens (including phenoxy) is 4. The second-order valence-electron chi connectivity index (χ2n) is 15.6. The molecule has 2 atom stereocenters. The highest BCUT2D eigenvalue weighted by molar-refractivity contribution is 5.53. The zero-order valence-corrected chi connectivity index (χ0v) is 34.9. The molecule has 6 heteroatoms. The lowest BCUT2D eigenvalue weighted by molar-refractivity contribution is 0.0271. The number of hydrogen-bond acceptors (Lipinski definition) is 6. The fraction of sp³-hybridized carbons (Fsp3) is 0.583. The van der Waals surface area contributed by atoms with E-state index in [1.54, 1.807) is 0 Å². The Labute approximate surface area is 328 Å². The van der Waals surface area contributed by atoms with Gasteiger partial charge >= 0.3 is 0 Å². The average molecular weight is 745 g/mol. The molecule has 0 aliphatic heterocycles. The van der Waals surface area contributed by atoms with E-state index in [1.807, 2.05) is 12.1 Å². The zero-order chi connectivity index (χ0) is 39.3. The lowest BCUT2D eigenvalue weighted by Gasteiger charge is -2.32. The predicted molar refractivity (Wildman–Crippen MR) is 225 cm³/mol. The summed E-state index contributed by atoms with van der Waals surface area (Å²) in [6.07, 6.45) is 20.1. The summed E-state index contributed by atoms with van der Waals surface area (Å²) in [5.74, 6) is 2.39. The van der Waals surface area contributed by atoms with Crippen molar-refractivity contribution < 1.29 is 29.2 Å². The van der Waals surface area contributed by atoms with E-state index in [9.17, 15) is 10.2 Å². The summed E-state index contributed by atoms with van der Waals surface area (Å²) in [4.78, 5) is 0. The molecule has 0 fully saturated rings. The molecule has 3 rings (SSSR count). The molecule has 2 N–H and O–H groups in total. The van der Waals surface area contributed by atoms with E-state index < -0.39 is 0 Å². The first kappa shape index (κ1) is 44.9. The van der Waals surface area contributed by atoms with Crippen molar-refractivity contribution in [2.24, 2.45) is 5.92 Å². The largest absolute Gasteiger partial charge is 0.508 e. The van der Waals surface area contributed by atoms with Gasteiger partial charge in [-0.25, -0.2) is 0 Å². The molecule has 54 heavy (non-hydrogen) atoms. The molecule has 6 nitrogen and oxygen atoms in total. The summed E-state index contributed by atoms with van der Waals surface area (Å²) < 4.78 is 24.4. The van der Waals surface area contributed by atoms with Crippen molar-refractivity contribution >= 4 is 0 Å². The number of hydrogen-bond donors (Lipinski definition) is 2. The predicted octanol–water partition coefficient (Wildman–Crippen LogP) is 12.3. The summed E-state index contributed by atoms with van der Waals surface area (Å²) in [5, 5.41) is 22.4. The Bertz CT molecular complexity index is 1530. The third-order valence-electron chi connectivity index (χ3n) is 10.4. The van der Waals surface area contributed by atoms with E-state index in [4.69, 9.17) is 18.9 Å². The third kappa shape index (κ3) is 15.7. The maximum atomic E-state index is 11.3. The van der Waals surface area contributed by atoms with Gasteiger partial charge in [0.25, 0.3) is 0 Å². The minimum Gasteiger partial charge on any atom is -0.508 e. The van der Waals surface area contributed by atoms with Gasteiger partial charge < -0.3 is 29.2 Å². The highest BCUT2D eigenvalue weighted by Crippen LogP contribution is 2.47. The Balaban J connectivity index is 1.52. The van der Waals surface area contributed by atoms with Crippen LogP contribution >= 0.6 is 0 Å². The van der Waals surface area contributed by atoms with Crippen LogP contribution in [0.3, 0.4) is 0 Å². The first-order chi connectivity index (χ1) is 26.0. The Morgan fingerprint density at radius 3 is 1.93 bits per heavy atom. The van der Waals surface area contributed by atoms with Crippen molar-refractivity contribution in [1.29, 1.82) is 0 Å². The molecule has 2 aromatic carbocycles. The second kappa shape index (κ2) is 24.8. The number of benzene rings is 2. The van der Waals surface area contributed by atoms with Crippen LogP contribution in [0.15, 0.2) is 71.4 Å². The summed E-state index contributed by atoms with van der Waals surface area (Å²) in [6, 6.07) is 8.05. The van der Waals surface area contributed by atoms with Gasteiger partial charge in [-0.05, 0) is 134 Å². The zero-order valence-electron chi connectivity index (χ0n) is 34.9. The van der Waals surface area contributed by atoms with Gasteiger partial charge in [0.15, 0.2) is 0 Å². The maximum absolute atomic E-state index is 11.3. The van der Waals surface area contributed by atoms with Gasteiger partial charge in [-0.15, -0.1) is 0 Å². The van der Waals surface area contributed by atoms with Crippen LogP contribution in [0.5, 0.6) is 23.0 Å². The van der Waals surface area contributed by atoms with Gasteiger partial charge in [-0.2, -0.15) is 0 Å². The van der Waals surface area contributed by atoms with Crippen LogP contribution in [0.4, 0.5) is 0 Å². The number of phenolic OH excluding ortho intramolecular Hbond substituents is 2. The molecule has 0 spiro atoms. The van der Waals surface area contributed by atoms with Crippen LogP contribution < -0.4 is 9.47 Å². The molecule has 0 bridgehead atoms. The molecule has 2 aromatic rings. The van der Waals surface area contributed by atoms with Crippen LogP contribution in [0.25, 0.3) is 0 Å². The standard InChI is InChI=1S/C48H72O6/c1-9-11-13-18-39-31-44(49)42(23-20-37(7)17-15-16-35(3)4)46(33-39)53-28-26-51-24-25-52-27-29-54-47-34-40(19-14-12-10-2)32-45(50)48(47)43-30-38(8)21-22-41(43)36(5)6/h16,20,30-34,41,43,49-50H,5,9-15,17-19,21-29H2,1-4,6-8H3/b37-20+/t41-,43+/m0/s1. The van der Waals surface area contributed by atoms with E-state index in [-0.39, 0.29) is 11.8 Å². The fourth-order valence-corrected chi connectivity index (χ4v) is 7.20. The van der Waals surface area contributed by atoms with Crippen LogP contribution in [-0.2, 0) is 28.7 Å². The minimum atomic E-state index is 0.0363. The van der Waals surface area contributed by atoms with Gasteiger partial charge in [0.1, 0.15) is 36.2 Å². The Hall–Kier alpha value is -3.48. The van der Waals surface area contributed by atoms with Crippen LogP contribution in [0.2, 0.25) is 0 Å². The smallest absolute Gasteiger partial charge is 0.127 e. The number of aromatic hydroxyl groups is 2. The van der Waals surface area contributed by atoms with E-state index in [0.717, 1.165) is 110 Å². The maximum Gasteiger partial charge on any atom is 0.127 e. The molecule has 1 aliphatic carbocycles. The quantitative estimate of drug-likeness (QED) is 0.0738. The monoisotopic (exact) mass is 745 g/mol. The third-order valence-corrected chi connectivity index (χ3v) is 10.4. The van der Waals surface area contributed by atoms with Crippen molar-refractivity contribution in [1.82, 2.24) is 0 Å². The number of phenols is 2. The molecular formula is C48H72O6. The summed E-state index contributed by atoms with van der Waals surface area (Å²) >= 11 is 0. The molecule has 0 saturated carbocycles. The SMILES string of the molecule is C=C(C)[C@@H]1CCC(C)=C[C@H]1c1c(O)cc(CCCCC)cc1OCCOCCOCCOc1cc(CCCCC)cc(O)c1C/C=C(\C)CCC=C(C)C. The molecule has 0 unspecified atom stereocenters. The molecule has 0 amide bonds. The van der Waals surface area contributed by atoms with Crippen molar-refractivity contribution in [3.8, 4) is 23.0 Å². The van der Waals surface area contributed by atoms with Crippen molar-refractivity contribution in [2.75, 3.05) is 39.6 Å². The molecule has 0 heterocycles. The van der Waals surface area contributed by atoms with Gasteiger partial charge in [-0.1, -0.05) is 86.6 Å². The van der Waals surface area contributed by atoms with Gasteiger partial charge in [0.05, 0.1) is 26.4 Å². The minimum absolute atomic E-state index is 0.0363. The molecule has 0 radical (unpaired) electrons. The number of rotatable bonds is 26. The highest BCUT2D eigenvalue weighted by Gasteiger charge is 2.30. The lowest BCUT2D eigenvalue weighted by atomic mass is 9.73. The number of allylic oxidation sites excluding steroid dienone is 7. The molecular weight excluding hydrogens is 673 g/mol. The summed E-state index contributed by atoms with van der Waals surface area (Å²) in [7, 11) is 0. The van der Waals surface area contributed by atoms with E-state index in [1.165, 1.54) is 23.1 Å². The number of aryl methyl sites for hydroxylation is 2. The molecule has 300 valence electrons. The second-order valence-corrected chi connectivity index (χ2v) is 15.6. The van der Waals surface area contributed by atoms with Crippen molar-refractivity contribution in [3.63, 3.8) is 0 Å². The first-order valence-electron chi connectivity index (χ1n) is 20.8. The van der Waals surface area contributed by atoms with E-state index >= 15 is 0 Å². The van der Waals surface area contributed by atoms with Crippen LogP contribution in [0.1, 0.15) is 141 Å².